The van der Waals surface area contributed by atoms with Gasteiger partial charge < -0.3 is 15.5 Å². The summed E-state index contributed by atoms with van der Waals surface area (Å²) in [6, 6.07) is 21.7. The van der Waals surface area contributed by atoms with Crippen molar-refractivity contribution in [2.24, 2.45) is 0 Å². The zero-order chi connectivity index (χ0) is 26.4. The number of hydrogen-bond donors (Lipinski definition) is 2. The Labute approximate surface area is 235 Å². The van der Waals surface area contributed by atoms with Gasteiger partial charge in [-0.15, -0.1) is 11.3 Å². The Morgan fingerprint density at radius 3 is 2.36 bits per heavy atom. The van der Waals surface area contributed by atoms with E-state index in [4.69, 9.17) is 4.98 Å². The van der Waals surface area contributed by atoms with Crippen molar-refractivity contribution in [1.82, 2.24) is 15.2 Å². The van der Waals surface area contributed by atoms with Crippen molar-refractivity contribution in [2.45, 2.75) is 70.0 Å². The van der Waals surface area contributed by atoms with Crippen LogP contribution >= 0.6 is 11.3 Å². The van der Waals surface area contributed by atoms with Gasteiger partial charge in [0.2, 0.25) is 0 Å². The molecule has 0 atom stereocenters. The maximum absolute atomic E-state index is 13.9. The number of thiophene rings is 1. The van der Waals surface area contributed by atoms with Crippen LogP contribution in [0.4, 0.5) is 5.69 Å². The molecule has 2 aliphatic rings. The largest absolute Gasteiger partial charge is 0.379 e. The van der Waals surface area contributed by atoms with Crippen molar-refractivity contribution in [1.29, 1.82) is 0 Å². The second kappa shape index (κ2) is 12.3. The van der Waals surface area contributed by atoms with E-state index >= 15 is 0 Å². The molecule has 1 aliphatic heterocycles. The molecule has 202 valence electrons. The van der Waals surface area contributed by atoms with E-state index in [1.165, 1.54) is 48.8 Å². The van der Waals surface area contributed by atoms with Crippen LogP contribution in [0.25, 0.3) is 10.2 Å². The summed E-state index contributed by atoms with van der Waals surface area (Å²) in [7, 11) is 0. The first kappa shape index (κ1) is 26.0. The minimum Gasteiger partial charge on any atom is -0.379 e. The number of aromatic nitrogens is 1. The van der Waals surface area contributed by atoms with Crippen molar-refractivity contribution < 1.29 is 4.79 Å². The second-order valence-electron chi connectivity index (χ2n) is 11.0. The minimum absolute atomic E-state index is 0.0850. The van der Waals surface area contributed by atoms with Crippen LogP contribution < -0.4 is 10.6 Å². The molecule has 39 heavy (non-hydrogen) atoms. The number of nitrogens with one attached hydrogen (secondary N) is 2. The Kier molecular flexibility index (Phi) is 8.21. The molecule has 0 unspecified atom stereocenters. The highest BCUT2D eigenvalue weighted by Crippen LogP contribution is 2.36. The van der Waals surface area contributed by atoms with Crippen LogP contribution in [0.1, 0.15) is 77.9 Å². The zero-order valence-electron chi connectivity index (χ0n) is 22.6. The molecule has 4 aromatic rings. The Bertz CT molecular complexity index is 1370. The van der Waals surface area contributed by atoms with E-state index in [0.29, 0.717) is 24.1 Å². The molecule has 0 radical (unpaired) electrons. The van der Waals surface area contributed by atoms with Gasteiger partial charge in [-0.25, -0.2) is 0 Å². The van der Waals surface area contributed by atoms with Gasteiger partial charge >= 0.3 is 0 Å². The summed E-state index contributed by atoms with van der Waals surface area (Å²) in [4.78, 5) is 20.8. The van der Waals surface area contributed by atoms with E-state index in [-0.39, 0.29) is 5.91 Å². The summed E-state index contributed by atoms with van der Waals surface area (Å²) in [5, 5.41) is 9.64. The fourth-order valence-corrected chi connectivity index (χ4v) is 7.19. The lowest BCUT2D eigenvalue weighted by atomic mass is 9.89. The number of anilines is 1. The molecule has 1 amide bonds. The van der Waals surface area contributed by atoms with Gasteiger partial charge in [0.05, 0.1) is 21.5 Å². The van der Waals surface area contributed by atoms with E-state index in [1.54, 1.807) is 11.3 Å². The number of likely N-dealkylation sites (tertiary alicyclic amines) is 1. The predicted octanol–water partition coefficient (Wildman–Crippen LogP) is 7.35. The van der Waals surface area contributed by atoms with Crippen molar-refractivity contribution in [2.75, 3.05) is 18.4 Å². The first-order valence-electron chi connectivity index (χ1n) is 14.5. The molecule has 1 aliphatic carbocycles. The normalized spacial score (nSPS) is 17.0. The highest BCUT2D eigenvalue weighted by atomic mass is 32.1. The highest BCUT2D eigenvalue weighted by molar-refractivity contribution is 7.18. The Morgan fingerprint density at radius 2 is 1.62 bits per heavy atom. The first-order valence-corrected chi connectivity index (χ1v) is 15.4. The number of piperidine rings is 1. The van der Waals surface area contributed by atoms with Gasteiger partial charge in [-0.2, -0.15) is 0 Å². The fraction of sp³-hybridized carbons (Fsp3) is 0.394. The number of pyridine rings is 1. The Morgan fingerprint density at radius 1 is 0.897 bits per heavy atom. The summed E-state index contributed by atoms with van der Waals surface area (Å²) in [6.45, 7) is 3.05. The van der Waals surface area contributed by atoms with Gasteiger partial charge in [-0.3, -0.25) is 9.78 Å². The van der Waals surface area contributed by atoms with E-state index in [2.05, 4.69) is 70.6 Å². The predicted molar refractivity (Wildman–Crippen MR) is 161 cm³/mol. The van der Waals surface area contributed by atoms with Crippen LogP contribution in [0, 0.1) is 0 Å². The molecule has 1 saturated heterocycles. The average molecular weight is 539 g/mol. The lowest BCUT2D eigenvalue weighted by Gasteiger charge is -2.32. The first-order chi connectivity index (χ1) is 19.3. The van der Waals surface area contributed by atoms with Crippen LogP contribution in [0.2, 0.25) is 0 Å². The molecular weight excluding hydrogens is 500 g/mol. The monoisotopic (exact) mass is 538 g/mol. The molecule has 1 saturated carbocycles. The van der Waals surface area contributed by atoms with Gasteiger partial charge in [0.25, 0.3) is 5.91 Å². The molecule has 6 rings (SSSR count). The van der Waals surface area contributed by atoms with Crippen LogP contribution in [-0.4, -0.2) is 34.9 Å². The number of carbonyl (C=O) groups excluding carboxylic acids is 1. The second-order valence-corrected chi connectivity index (χ2v) is 11.9. The van der Waals surface area contributed by atoms with Gasteiger partial charge in [0.15, 0.2) is 0 Å². The summed E-state index contributed by atoms with van der Waals surface area (Å²) >= 11 is 1.70. The molecule has 2 aromatic carbocycles. The van der Waals surface area contributed by atoms with Crippen molar-refractivity contribution in [3.05, 3.63) is 94.5 Å². The summed E-state index contributed by atoms with van der Waals surface area (Å²) in [5.41, 5.74) is 6.42. The number of benzene rings is 2. The number of nitrogens with zero attached hydrogens (tertiary/aromatic N) is 2. The molecule has 3 heterocycles. The lowest BCUT2D eigenvalue weighted by molar-refractivity contribution is 0.0713. The number of fused-ring (bicyclic) bond motifs is 1. The quantitative estimate of drug-likeness (QED) is 0.246. The van der Waals surface area contributed by atoms with E-state index in [9.17, 15) is 4.79 Å². The van der Waals surface area contributed by atoms with Crippen molar-refractivity contribution in [3.63, 3.8) is 0 Å². The number of amides is 1. The average Bonchev–Trinajstić information content (AvgIpc) is 3.43. The Hall–Kier alpha value is -3.22. The summed E-state index contributed by atoms with van der Waals surface area (Å²) in [6.07, 6.45) is 10.3. The smallest absolute Gasteiger partial charge is 0.257 e. The van der Waals surface area contributed by atoms with Gasteiger partial charge in [-0.05, 0) is 48.1 Å². The minimum atomic E-state index is 0.0850. The molecule has 2 aromatic heterocycles. The highest BCUT2D eigenvalue weighted by Gasteiger charge is 2.27. The SMILES string of the molecule is O=C(c1cnc2c(CNC3CCCCC3)csc2c1NCc1ccccc1)N1CCC(c2ccccc2)CC1. The number of hydrogen-bond acceptors (Lipinski definition) is 5. The number of rotatable bonds is 8. The Balaban J connectivity index is 1.23. The van der Waals surface area contributed by atoms with Crippen LogP contribution in [-0.2, 0) is 13.1 Å². The zero-order valence-corrected chi connectivity index (χ0v) is 23.4. The van der Waals surface area contributed by atoms with Gasteiger partial charge in [-0.1, -0.05) is 79.9 Å². The maximum Gasteiger partial charge on any atom is 0.257 e. The molecule has 2 fully saturated rings. The molecule has 5 nitrogen and oxygen atoms in total. The number of carbonyl (C=O) groups is 1. The van der Waals surface area contributed by atoms with E-state index < -0.39 is 0 Å². The third-order valence-electron chi connectivity index (χ3n) is 8.44. The van der Waals surface area contributed by atoms with Crippen LogP contribution in [0.3, 0.4) is 0 Å². The summed E-state index contributed by atoms with van der Waals surface area (Å²) < 4.78 is 1.08. The fourth-order valence-electron chi connectivity index (χ4n) is 6.14. The van der Waals surface area contributed by atoms with E-state index in [0.717, 1.165) is 48.4 Å². The molecular formula is C33H38N4OS. The third kappa shape index (κ3) is 6.02. The molecule has 6 heteroatoms. The molecule has 0 bridgehead atoms. The van der Waals surface area contributed by atoms with Crippen LogP contribution in [0.15, 0.2) is 72.2 Å². The standard InChI is InChI=1S/C33H38N4OS/c38-33(37-18-16-26(17-19-37)25-12-6-2-7-13-25)29-22-36-30-27(21-34-28-14-8-3-9-15-28)23-39-32(30)31(29)35-20-24-10-4-1-5-11-24/h1-2,4-7,10-13,22-23,26,28,34H,3,8-9,14-21H2,(H,35,36). The van der Waals surface area contributed by atoms with Crippen molar-refractivity contribution >= 4 is 33.1 Å². The molecule has 0 spiro atoms. The van der Waals surface area contributed by atoms with Crippen LogP contribution in [0.5, 0.6) is 0 Å². The maximum atomic E-state index is 13.9. The van der Waals surface area contributed by atoms with Crippen molar-refractivity contribution in [3.8, 4) is 0 Å². The topological polar surface area (TPSA) is 57.3 Å². The van der Waals surface area contributed by atoms with Gasteiger partial charge in [0.1, 0.15) is 0 Å². The third-order valence-corrected chi connectivity index (χ3v) is 9.47. The lowest BCUT2D eigenvalue weighted by Crippen LogP contribution is -2.38. The van der Waals surface area contributed by atoms with Gasteiger partial charge in [0, 0.05) is 44.0 Å². The van der Waals surface area contributed by atoms with E-state index in [1.807, 2.05) is 17.2 Å². The summed E-state index contributed by atoms with van der Waals surface area (Å²) in [5.74, 6) is 0.602. The molecule has 2 N–H and O–H groups in total.